The summed E-state index contributed by atoms with van der Waals surface area (Å²) in [5.41, 5.74) is 0.0918. The summed E-state index contributed by atoms with van der Waals surface area (Å²) in [7, 11) is 1.75. The van der Waals surface area contributed by atoms with E-state index >= 15 is 0 Å². The van der Waals surface area contributed by atoms with Crippen LogP contribution in [0.1, 0.15) is 24.0 Å². The first-order chi connectivity index (χ1) is 14.5. The molecule has 1 unspecified atom stereocenters. The summed E-state index contributed by atoms with van der Waals surface area (Å²) in [5.74, 6) is 0.828. The number of nitrogens with one attached hydrogen (secondary N) is 1. The normalized spacial score (nSPS) is 20.6. The average molecular weight is 556 g/mol. The summed E-state index contributed by atoms with van der Waals surface area (Å²) in [6.07, 6.45) is -1.89. The lowest BCUT2D eigenvalue weighted by Crippen LogP contribution is -2.52. The van der Waals surface area contributed by atoms with E-state index in [0.29, 0.717) is 31.9 Å². The Bertz CT molecular complexity index is 691. The van der Waals surface area contributed by atoms with Crippen molar-refractivity contribution in [1.82, 2.24) is 15.1 Å². The van der Waals surface area contributed by atoms with Crippen molar-refractivity contribution in [3.05, 3.63) is 35.4 Å². The van der Waals surface area contributed by atoms with Crippen LogP contribution >= 0.6 is 24.0 Å². The van der Waals surface area contributed by atoms with Crippen LogP contribution in [0.25, 0.3) is 0 Å². The molecule has 2 heterocycles. The smallest absolute Gasteiger partial charge is 0.377 e. The van der Waals surface area contributed by atoms with Crippen molar-refractivity contribution in [2.45, 2.75) is 31.7 Å². The molecule has 1 aromatic carbocycles. The lowest BCUT2D eigenvalue weighted by atomic mass is 10.1. The molecule has 3 rings (SSSR count). The third-order valence-corrected chi connectivity index (χ3v) is 5.40. The van der Waals surface area contributed by atoms with Crippen molar-refractivity contribution in [2.24, 2.45) is 4.99 Å². The number of alkyl halides is 3. The van der Waals surface area contributed by atoms with E-state index in [4.69, 9.17) is 9.47 Å². The number of guanidine groups is 1. The predicted octanol–water partition coefficient (Wildman–Crippen LogP) is 3.21. The molecule has 0 aliphatic carbocycles. The summed E-state index contributed by atoms with van der Waals surface area (Å²) in [5, 5.41) is 3.32. The average Bonchev–Trinajstić information content (AvgIpc) is 3.25. The molecule has 2 aliphatic heterocycles. The summed E-state index contributed by atoms with van der Waals surface area (Å²) < 4.78 is 49.9. The lowest BCUT2D eigenvalue weighted by Gasteiger charge is -2.36. The van der Waals surface area contributed by atoms with Crippen LogP contribution in [0, 0.1) is 0 Å². The van der Waals surface area contributed by atoms with E-state index in [-0.39, 0.29) is 30.1 Å². The molecule has 2 saturated heterocycles. The molecule has 0 spiro atoms. The van der Waals surface area contributed by atoms with E-state index in [0.717, 1.165) is 57.7 Å². The fourth-order valence-corrected chi connectivity index (χ4v) is 3.78. The van der Waals surface area contributed by atoms with E-state index in [1.807, 2.05) is 0 Å². The molecule has 31 heavy (non-hydrogen) atoms. The molecule has 0 radical (unpaired) electrons. The second-order valence-electron chi connectivity index (χ2n) is 7.65. The van der Waals surface area contributed by atoms with Crippen molar-refractivity contribution in [3.8, 4) is 0 Å². The lowest BCUT2D eigenvalue weighted by molar-refractivity contribution is -0.137. The Balaban J connectivity index is 0.00000341. The van der Waals surface area contributed by atoms with Gasteiger partial charge in [0.2, 0.25) is 0 Å². The van der Waals surface area contributed by atoms with Gasteiger partial charge in [-0.1, -0.05) is 18.2 Å². The number of hydrogen-bond donors (Lipinski definition) is 1. The molecular formula is C21H32F3IN4O2. The number of rotatable bonds is 7. The van der Waals surface area contributed by atoms with Gasteiger partial charge in [0, 0.05) is 52.9 Å². The van der Waals surface area contributed by atoms with Crippen LogP contribution in [0.15, 0.2) is 29.3 Å². The molecule has 6 nitrogen and oxygen atoms in total. The van der Waals surface area contributed by atoms with Crippen molar-refractivity contribution < 1.29 is 22.6 Å². The number of piperazine rings is 1. The maximum absolute atomic E-state index is 12.9. The molecule has 2 fully saturated rings. The first kappa shape index (κ1) is 26.1. The molecule has 176 valence electrons. The maximum atomic E-state index is 12.9. The number of benzene rings is 1. The standard InChI is InChI=1S/C21H31F3N4O2.HI/c1-25-20(26-7-13-29-16-19-6-3-12-30-19)28-10-8-27(9-11-28)15-17-4-2-5-18(14-17)21(22,23)24;/h2,4-5,14,19H,3,6-13,15-16H2,1H3,(H,25,26);1H. The molecule has 0 amide bonds. The minimum absolute atomic E-state index is 0. The zero-order chi connectivity index (χ0) is 21.4. The molecule has 1 aromatic rings. The van der Waals surface area contributed by atoms with Gasteiger partial charge in [-0.3, -0.25) is 9.89 Å². The van der Waals surface area contributed by atoms with E-state index in [1.165, 1.54) is 12.1 Å². The third kappa shape index (κ3) is 8.39. The van der Waals surface area contributed by atoms with Crippen LogP contribution in [-0.4, -0.2) is 81.5 Å². The molecule has 1 atom stereocenters. The number of nitrogens with zero attached hydrogens (tertiary/aromatic N) is 3. The van der Waals surface area contributed by atoms with Gasteiger partial charge in [0.15, 0.2) is 5.96 Å². The third-order valence-electron chi connectivity index (χ3n) is 5.40. The fraction of sp³-hybridized carbons (Fsp3) is 0.667. The maximum Gasteiger partial charge on any atom is 0.416 e. The van der Waals surface area contributed by atoms with Gasteiger partial charge >= 0.3 is 6.18 Å². The Labute approximate surface area is 199 Å². The van der Waals surface area contributed by atoms with Crippen LogP contribution in [0.2, 0.25) is 0 Å². The summed E-state index contributed by atoms with van der Waals surface area (Å²) in [6, 6.07) is 5.57. The Hall–Kier alpha value is -1.11. The first-order valence-corrected chi connectivity index (χ1v) is 10.5. The highest BCUT2D eigenvalue weighted by atomic mass is 127. The van der Waals surface area contributed by atoms with Crippen molar-refractivity contribution in [2.75, 3.05) is 59.6 Å². The minimum atomic E-state index is -4.30. The topological polar surface area (TPSA) is 49.3 Å². The molecular weight excluding hydrogens is 524 g/mol. The summed E-state index contributed by atoms with van der Waals surface area (Å²) in [6.45, 7) is 6.33. The summed E-state index contributed by atoms with van der Waals surface area (Å²) >= 11 is 0. The van der Waals surface area contributed by atoms with Crippen molar-refractivity contribution >= 4 is 29.9 Å². The van der Waals surface area contributed by atoms with Gasteiger partial charge < -0.3 is 19.7 Å². The van der Waals surface area contributed by atoms with Gasteiger partial charge in [0.05, 0.1) is 24.9 Å². The monoisotopic (exact) mass is 556 g/mol. The van der Waals surface area contributed by atoms with Crippen LogP contribution in [0.5, 0.6) is 0 Å². The highest BCUT2D eigenvalue weighted by Gasteiger charge is 2.30. The molecule has 0 aromatic heterocycles. The Kier molecular flexibility index (Phi) is 10.8. The van der Waals surface area contributed by atoms with Crippen LogP contribution in [0.3, 0.4) is 0 Å². The number of aliphatic imine (C=N–C) groups is 1. The molecule has 0 bridgehead atoms. The quantitative estimate of drug-likeness (QED) is 0.242. The van der Waals surface area contributed by atoms with Gasteiger partial charge in [0.25, 0.3) is 0 Å². The Morgan fingerprint density at radius 3 is 2.68 bits per heavy atom. The highest BCUT2D eigenvalue weighted by molar-refractivity contribution is 14.0. The van der Waals surface area contributed by atoms with Gasteiger partial charge in [-0.25, -0.2) is 0 Å². The van der Waals surface area contributed by atoms with Crippen molar-refractivity contribution in [3.63, 3.8) is 0 Å². The Morgan fingerprint density at radius 2 is 2.03 bits per heavy atom. The number of hydrogen-bond acceptors (Lipinski definition) is 4. The van der Waals surface area contributed by atoms with Gasteiger partial charge in [-0.15, -0.1) is 24.0 Å². The molecule has 1 N–H and O–H groups in total. The Morgan fingerprint density at radius 1 is 1.26 bits per heavy atom. The first-order valence-electron chi connectivity index (χ1n) is 10.5. The molecule has 2 aliphatic rings. The van der Waals surface area contributed by atoms with Crippen LogP contribution in [0.4, 0.5) is 13.2 Å². The SMILES string of the molecule is CN=C(NCCOCC1CCCO1)N1CCN(Cc2cccc(C(F)(F)F)c2)CC1.I. The minimum Gasteiger partial charge on any atom is -0.377 e. The summed E-state index contributed by atoms with van der Waals surface area (Å²) in [4.78, 5) is 8.68. The zero-order valence-electron chi connectivity index (χ0n) is 17.9. The fourth-order valence-electron chi connectivity index (χ4n) is 3.78. The predicted molar refractivity (Wildman–Crippen MR) is 125 cm³/mol. The number of ether oxygens (including phenoxy) is 2. The van der Waals surface area contributed by atoms with Gasteiger partial charge in [-0.2, -0.15) is 13.2 Å². The second-order valence-corrected chi connectivity index (χ2v) is 7.65. The van der Waals surface area contributed by atoms with Crippen LogP contribution < -0.4 is 5.32 Å². The van der Waals surface area contributed by atoms with E-state index in [2.05, 4.69) is 20.1 Å². The van der Waals surface area contributed by atoms with E-state index in [1.54, 1.807) is 13.1 Å². The van der Waals surface area contributed by atoms with Crippen molar-refractivity contribution in [1.29, 1.82) is 0 Å². The highest BCUT2D eigenvalue weighted by Crippen LogP contribution is 2.29. The second kappa shape index (κ2) is 12.8. The van der Waals surface area contributed by atoms with Gasteiger partial charge in [-0.05, 0) is 24.5 Å². The molecule has 0 saturated carbocycles. The number of halogens is 4. The van der Waals surface area contributed by atoms with E-state index in [9.17, 15) is 13.2 Å². The van der Waals surface area contributed by atoms with Crippen LogP contribution in [-0.2, 0) is 22.2 Å². The largest absolute Gasteiger partial charge is 0.416 e. The van der Waals surface area contributed by atoms with Gasteiger partial charge in [0.1, 0.15) is 0 Å². The molecule has 10 heteroatoms. The zero-order valence-corrected chi connectivity index (χ0v) is 20.2. The van der Waals surface area contributed by atoms with E-state index < -0.39 is 11.7 Å².